The third-order valence-corrected chi connectivity index (χ3v) is 5.97. The molecule has 2 aromatic heterocycles. The maximum Gasteiger partial charge on any atom is 0.272 e. The van der Waals surface area contributed by atoms with Gasteiger partial charge in [-0.25, -0.2) is 4.68 Å². The molecule has 1 aliphatic rings. The number of aryl methyl sites for hydroxylation is 1. The van der Waals surface area contributed by atoms with Crippen molar-refractivity contribution in [2.24, 2.45) is 7.05 Å². The topological polar surface area (TPSA) is 81.1 Å². The fourth-order valence-electron chi connectivity index (χ4n) is 4.21. The molecule has 1 fully saturated rings. The third-order valence-electron chi connectivity index (χ3n) is 5.97. The van der Waals surface area contributed by atoms with Gasteiger partial charge in [-0.1, -0.05) is 48.5 Å². The Morgan fingerprint density at radius 1 is 1.06 bits per heavy atom. The van der Waals surface area contributed by atoms with Crippen LogP contribution in [0.5, 0.6) is 5.88 Å². The fourth-order valence-corrected chi connectivity index (χ4v) is 4.21. The van der Waals surface area contributed by atoms with E-state index in [0.29, 0.717) is 23.8 Å². The molecule has 0 radical (unpaired) electrons. The summed E-state index contributed by atoms with van der Waals surface area (Å²) in [6.07, 6.45) is 1.86. The van der Waals surface area contributed by atoms with Crippen LogP contribution in [-0.2, 0) is 13.7 Å². The van der Waals surface area contributed by atoms with Crippen LogP contribution in [0.1, 0.15) is 28.9 Å². The SMILES string of the molecule is Cl.Cn1nc(C(=O)NC2CCNCC2)c2ccc(OCc3cccc(-c4ccccc4)c3)nc21. The molecule has 2 N–H and O–H groups in total. The third kappa shape index (κ3) is 5.21. The smallest absolute Gasteiger partial charge is 0.272 e. The van der Waals surface area contributed by atoms with Gasteiger partial charge in [0, 0.05) is 19.2 Å². The number of nitrogens with zero attached hydrogens (tertiary/aromatic N) is 3. The zero-order valence-corrected chi connectivity index (χ0v) is 19.8. The summed E-state index contributed by atoms with van der Waals surface area (Å²) in [4.78, 5) is 17.4. The van der Waals surface area contributed by atoms with E-state index in [1.165, 1.54) is 5.56 Å². The lowest BCUT2D eigenvalue weighted by atomic mass is 10.0. The molecule has 8 heteroatoms. The first kappa shape index (κ1) is 23.7. The Morgan fingerprint density at radius 2 is 1.82 bits per heavy atom. The molecule has 0 aliphatic carbocycles. The molecular weight excluding hydrogens is 450 g/mol. The predicted octanol–water partition coefficient (Wildman–Crippen LogP) is 4.12. The Kier molecular flexibility index (Phi) is 7.45. The van der Waals surface area contributed by atoms with Gasteiger partial charge in [0.05, 0.1) is 5.39 Å². The Bertz CT molecular complexity index is 1270. The van der Waals surface area contributed by atoms with Crippen LogP contribution in [-0.4, -0.2) is 39.8 Å². The number of fused-ring (bicyclic) bond motifs is 1. The zero-order valence-electron chi connectivity index (χ0n) is 19.0. The predicted molar refractivity (Wildman–Crippen MR) is 135 cm³/mol. The quantitative estimate of drug-likeness (QED) is 0.436. The van der Waals surface area contributed by atoms with E-state index in [2.05, 4.69) is 45.0 Å². The number of benzene rings is 2. The summed E-state index contributed by atoms with van der Waals surface area (Å²) in [5.74, 6) is 0.349. The highest BCUT2D eigenvalue weighted by molar-refractivity contribution is 6.04. The molecule has 0 bridgehead atoms. The molecule has 0 atom stereocenters. The minimum absolute atomic E-state index is 0. The highest BCUT2D eigenvalue weighted by atomic mass is 35.5. The number of nitrogens with one attached hydrogen (secondary N) is 2. The normalized spacial score (nSPS) is 13.9. The van der Waals surface area contributed by atoms with Crippen LogP contribution >= 0.6 is 12.4 Å². The van der Waals surface area contributed by atoms with Crippen molar-refractivity contribution < 1.29 is 9.53 Å². The molecule has 1 saturated heterocycles. The summed E-state index contributed by atoms with van der Waals surface area (Å²) in [6, 6.07) is 22.4. The minimum Gasteiger partial charge on any atom is -0.473 e. The number of carbonyl (C=O) groups is 1. The number of carbonyl (C=O) groups excluding carboxylic acids is 1. The molecule has 0 unspecified atom stereocenters. The van der Waals surface area contributed by atoms with Gasteiger partial charge in [-0.2, -0.15) is 10.1 Å². The highest BCUT2D eigenvalue weighted by Crippen LogP contribution is 2.23. The molecule has 7 nitrogen and oxygen atoms in total. The minimum atomic E-state index is -0.152. The Balaban J connectivity index is 0.00000274. The summed E-state index contributed by atoms with van der Waals surface area (Å²) in [5.41, 5.74) is 4.41. The first-order valence-corrected chi connectivity index (χ1v) is 11.3. The van der Waals surface area contributed by atoms with Crippen LogP contribution in [0.25, 0.3) is 22.2 Å². The number of hydrogen-bond donors (Lipinski definition) is 2. The molecule has 0 saturated carbocycles. The van der Waals surface area contributed by atoms with Gasteiger partial charge < -0.3 is 15.4 Å². The fraction of sp³-hybridized carbons (Fsp3) is 0.269. The highest BCUT2D eigenvalue weighted by Gasteiger charge is 2.21. The number of ether oxygens (including phenoxy) is 1. The van der Waals surface area contributed by atoms with E-state index in [0.717, 1.165) is 42.4 Å². The summed E-state index contributed by atoms with van der Waals surface area (Å²) >= 11 is 0. The van der Waals surface area contributed by atoms with Gasteiger partial charge in [0.15, 0.2) is 11.3 Å². The summed E-state index contributed by atoms with van der Waals surface area (Å²) in [7, 11) is 1.80. The van der Waals surface area contributed by atoms with Crippen LogP contribution < -0.4 is 15.4 Å². The Labute approximate surface area is 204 Å². The standard InChI is InChI=1S/C26H27N5O2.ClH/c1-31-25-22(24(30-31)26(32)28-21-12-14-27-15-13-21)10-11-23(29-25)33-17-18-6-5-9-20(16-18)19-7-3-2-4-8-19;/h2-11,16,21,27H,12-15,17H2,1H3,(H,28,32);1H. The van der Waals surface area contributed by atoms with Crippen LogP contribution in [0.2, 0.25) is 0 Å². The molecule has 0 spiro atoms. The second-order valence-electron chi connectivity index (χ2n) is 8.35. The summed E-state index contributed by atoms with van der Waals surface area (Å²) in [5, 5.41) is 11.6. The maximum atomic E-state index is 12.8. The molecule has 3 heterocycles. The van der Waals surface area contributed by atoms with Crippen molar-refractivity contribution in [2.75, 3.05) is 13.1 Å². The van der Waals surface area contributed by atoms with Gasteiger partial charge in [0.2, 0.25) is 5.88 Å². The second-order valence-corrected chi connectivity index (χ2v) is 8.35. The van der Waals surface area contributed by atoms with Gasteiger partial charge in [-0.3, -0.25) is 4.79 Å². The summed E-state index contributed by atoms with van der Waals surface area (Å²) in [6.45, 7) is 2.24. The lowest BCUT2D eigenvalue weighted by Crippen LogP contribution is -2.42. The van der Waals surface area contributed by atoms with Crippen molar-refractivity contribution in [1.82, 2.24) is 25.4 Å². The van der Waals surface area contributed by atoms with E-state index in [9.17, 15) is 4.79 Å². The van der Waals surface area contributed by atoms with Crippen LogP contribution in [0.3, 0.4) is 0 Å². The van der Waals surface area contributed by atoms with Gasteiger partial charge in [0.1, 0.15) is 6.61 Å². The lowest BCUT2D eigenvalue weighted by Gasteiger charge is -2.23. The second kappa shape index (κ2) is 10.7. The van der Waals surface area contributed by atoms with E-state index < -0.39 is 0 Å². The van der Waals surface area contributed by atoms with E-state index in [-0.39, 0.29) is 24.4 Å². The molecular formula is C26H28ClN5O2. The van der Waals surface area contributed by atoms with Crippen molar-refractivity contribution in [3.05, 3.63) is 78.0 Å². The average Bonchev–Trinajstić information content (AvgIpc) is 3.20. The van der Waals surface area contributed by atoms with Crippen LogP contribution in [0, 0.1) is 0 Å². The van der Waals surface area contributed by atoms with Crippen molar-refractivity contribution >= 4 is 29.3 Å². The van der Waals surface area contributed by atoms with Crippen LogP contribution in [0.15, 0.2) is 66.7 Å². The van der Waals surface area contributed by atoms with Crippen molar-refractivity contribution in [3.8, 4) is 17.0 Å². The molecule has 176 valence electrons. The van der Waals surface area contributed by atoms with Crippen LogP contribution in [0.4, 0.5) is 0 Å². The van der Waals surface area contributed by atoms with E-state index in [1.54, 1.807) is 17.8 Å². The number of piperidine rings is 1. The van der Waals surface area contributed by atoms with Gasteiger partial charge >= 0.3 is 0 Å². The molecule has 1 amide bonds. The number of halogens is 1. The number of amides is 1. The molecule has 4 aromatic rings. The van der Waals surface area contributed by atoms with E-state index in [4.69, 9.17) is 4.74 Å². The van der Waals surface area contributed by atoms with Gasteiger partial charge in [0.25, 0.3) is 5.91 Å². The van der Waals surface area contributed by atoms with E-state index in [1.807, 2.05) is 36.4 Å². The maximum absolute atomic E-state index is 12.8. The molecule has 2 aromatic carbocycles. The number of pyridine rings is 1. The molecule has 1 aliphatic heterocycles. The van der Waals surface area contributed by atoms with Crippen molar-refractivity contribution in [1.29, 1.82) is 0 Å². The van der Waals surface area contributed by atoms with Crippen molar-refractivity contribution in [2.45, 2.75) is 25.5 Å². The largest absolute Gasteiger partial charge is 0.473 e. The Morgan fingerprint density at radius 3 is 2.62 bits per heavy atom. The number of aromatic nitrogens is 3. The summed E-state index contributed by atoms with van der Waals surface area (Å²) < 4.78 is 7.61. The van der Waals surface area contributed by atoms with Crippen molar-refractivity contribution in [3.63, 3.8) is 0 Å². The molecule has 34 heavy (non-hydrogen) atoms. The zero-order chi connectivity index (χ0) is 22.6. The number of rotatable bonds is 6. The monoisotopic (exact) mass is 477 g/mol. The molecule has 5 rings (SSSR count). The first-order chi connectivity index (χ1) is 16.2. The lowest BCUT2D eigenvalue weighted by molar-refractivity contribution is 0.0925. The van der Waals surface area contributed by atoms with Gasteiger partial charge in [-0.05, 0) is 54.8 Å². The number of hydrogen-bond acceptors (Lipinski definition) is 5. The Hall–Kier alpha value is -3.42. The average molecular weight is 478 g/mol. The van der Waals surface area contributed by atoms with Gasteiger partial charge in [-0.15, -0.1) is 12.4 Å². The van der Waals surface area contributed by atoms with E-state index >= 15 is 0 Å². The first-order valence-electron chi connectivity index (χ1n) is 11.3.